The zero-order chi connectivity index (χ0) is 19.7. The summed E-state index contributed by atoms with van der Waals surface area (Å²) in [5.41, 5.74) is -0.522. The van der Waals surface area contributed by atoms with Gasteiger partial charge >= 0.3 is 0 Å². The molecule has 0 radical (unpaired) electrons. The molecule has 1 aliphatic heterocycles. The van der Waals surface area contributed by atoms with Crippen LogP contribution in [0.25, 0.3) is 0 Å². The van der Waals surface area contributed by atoms with E-state index in [-0.39, 0.29) is 0 Å². The van der Waals surface area contributed by atoms with E-state index in [0.29, 0.717) is 39.5 Å². The van der Waals surface area contributed by atoms with Crippen LogP contribution in [-0.4, -0.2) is 67.7 Å². The quantitative estimate of drug-likeness (QED) is 0.585. The highest BCUT2D eigenvalue weighted by molar-refractivity contribution is 4.98. The van der Waals surface area contributed by atoms with Crippen molar-refractivity contribution in [1.29, 1.82) is 0 Å². The number of hydrogen-bond donors (Lipinski definition) is 3. The Bertz CT molecular complexity index is 607. The Morgan fingerprint density at radius 1 is 1.04 bits per heavy atom. The smallest absolute Gasteiger partial charge is 0.129 e. The molecule has 0 aromatic carbocycles. The summed E-state index contributed by atoms with van der Waals surface area (Å²) in [4.78, 5) is 2.04. The molecule has 8 heteroatoms. The van der Waals surface area contributed by atoms with Crippen molar-refractivity contribution in [2.24, 2.45) is 0 Å². The largest absolute Gasteiger partial charge is 0.467 e. The Balaban J connectivity index is 1.64. The average molecular weight is 393 g/mol. The summed E-state index contributed by atoms with van der Waals surface area (Å²) in [5.74, 6) is 1.54. The summed E-state index contributed by atoms with van der Waals surface area (Å²) < 4.78 is 22.6. The normalized spacial score (nSPS) is 19.9. The molecule has 8 nitrogen and oxygen atoms in total. The van der Waals surface area contributed by atoms with Gasteiger partial charge in [0.05, 0.1) is 31.3 Å². The fraction of sp³-hybridized carbons (Fsp3) is 0.600. The average Bonchev–Trinajstić information content (AvgIpc) is 3.38. The van der Waals surface area contributed by atoms with E-state index >= 15 is 0 Å². The van der Waals surface area contributed by atoms with Crippen LogP contribution >= 0.6 is 0 Å². The van der Waals surface area contributed by atoms with E-state index in [1.807, 2.05) is 29.2 Å². The van der Waals surface area contributed by atoms with Crippen molar-refractivity contribution in [2.45, 2.75) is 31.9 Å². The van der Waals surface area contributed by atoms with Crippen LogP contribution in [0.4, 0.5) is 0 Å². The Hall–Kier alpha value is -1.68. The van der Waals surface area contributed by atoms with Gasteiger partial charge in [0.1, 0.15) is 31.0 Å². The maximum absolute atomic E-state index is 10.8. The van der Waals surface area contributed by atoms with Gasteiger partial charge in [-0.15, -0.1) is 0 Å². The molecule has 3 rings (SSSR count). The molecule has 0 bridgehead atoms. The lowest BCUT2D eigenvalue weighted by molar-refractivity contribution is -0.123. The number of aliphatic hydroxyl groups is 1. The first-order valence-corrected chi connectivity index (χ1v) is 9.74. The Kier molecular flexibility index (Phi) is 8.08. The molecule has 1 saturated heterocycles. The second kappa shape index (κ2) is 10.8. The van der Waals surface area contributed by atoms with Crippen LogP contribution in [0.15, 0.2) is 45.6 Å². The molecule has 1 aliphatic rings. The van der Waals surface area contributed by atoms with Crippen LogP contribution in [0.1, 0.15) is 18.4 Å². The fourth-order valence-electron chi connectivity index (χ4n) is 3.36. The molecule has 2 aromatic rings. The van der Waals surface area contributed by atoms with E-state index in [9.17, 15) is 5.11 Å². The first-order chi connectivity index (χ1) is 13.7. The second-order valence-corrected chi connectivity index (χ2v) is 7.27. The van der Waals surface area contributed by atoms with Crippen molar-refractivity contribution >= 4 is 0 Å². The number of ether oxygens (including phenoxy) is 2. The number of hydrogen-bond acceptors (Lipinski definition) is 8. The van der Waals surface area contributed by atoms with Gasteiger partial charge in [-0.1, -0.05) is 0 Å². The van der Waals surface area contributed by atoms with E-state index in [4.69, 9.17) is 18.3 Å². The Morgan fingerprint density at radius 3 is 2.21 bits per heavy atom. The zero-order valence-electron chi connectivity index (χ0n) is 16.4. The van der Waals surface area contributed by atoms with Crippen LogP contribution in [-0.2, 0) is 22.7 Å². The van der Waals surface area contributed by atoms with Crippen LogP contribution in [0.2, 0.25) is 0 Å². The van der Waals surface area contributed by atoms with Gasteiger partial charge in [0.15, 0.2) is 0 Å². The van der Waals surface area contributed by atoms with E-state index in [2.05, 4.69) is 17.6 Å². The molecule has 0 amide bonds. The number of aliphatic hydroxyl groups excluding tert-OH is 1. The van der Waals surface area contributed by atoms with Crippen LogP contribution in [0.5, 0.6) is 0 Å². The Labute approximate surface area is 165 Å². The summed E-state index contributed by atoms with van der Waals surface area (Å²) in [6.45, 7) is 7.26. The van der Waals surface area contributed by atoms with E-state index in [1.54, 1.807) is 12.5 Å². The van der Waals surface area contributed by atoms with Gasteiger partial charge in [0.25, 0.3) is 0 Å². The SMILES string of the molecule is CC(COCc1ccco1)(COCc1ccco1)N1CCNCCNCC1O. The number of rotatable bonds is 9. The molecule has 156 valence electrons. The van der Waals surface area contributed by atoms with Gasteiger partial charge in [-0.2, -0.15) is 0 Å². The van der Waals surface area contributed by atoms with Gasteiger partial charge in [0, 0.05) is 32.7 Å². The molecule has 0 aliphatic carbocycles. The summed E-state index contributed by atoms with van der Waals surface area (Å²) >= 11 is 0. The van der Waals surface area contributed by atoms with Crippen molar-refractivity contribution in [3.8, 4) is 0 Å². The number of furan rings is 2. The molecule has 28 heavy (non-hydrogen) atoms. The minimum Gasteiger partial charge on any atom is -0.467 e. The lowest BCUT2D eigenvalue weighted by atomic mass is 10.0. The minimum atomic E-state index is -0.635. The molecular weight excluding hydrogens is 362 g/mol. The summed E-state index contributed by atoms with van der Waals surface area (Å²) in [7, 11) is 0. The number of β-amino-alcohol motifs (C(OH)–C–C–N with tert-alkyl or cyclic N) is 1. The van der Waals surface area contributed by atoms with Crippen molar-refractivity contribution in [1.82, 2.24) is 15.5 Å². The van der Waals surface area contributed by atoms with Crippen molar-refractivity contribution in [2.75, 3.05) is 45.9 Å². The van der Waals surface area contributed by atoms with E-state index < -0.39 is 11.8 Å². The molecule has 0 saturated carbocycles. The zero-order valence-corrected chi connectivity index (χ0v) is 16.4. The van der Waals surface area contributed by atoms with Crippen LogP contribution < -0.4 is 10.6 Å². The summed E-state index contributed by atoms with van der Waals surface area (Å²) in [6.07, 6.45) is 2.63. The van der Waals surface area contributed by atoms with E-state index in [0.717, 1.165) is 31.2 Å². The second-order valence-electron chi connectivity index (χ2n) is 7.27. The van der Waals surface area contributed by atoms with Gasteiger partial charge in [-0.25, -0.2) is 0 Å². The Morgan fingerprint density at radius 2 is 1.64 bits per heavy atom. The van der Waals surface area contributed by atoms with Gasteiger partial charge in [0.2, 0.25) is 0 Å². The monoisotopic (exact) mass is 393 g/mol. The molecule has 0 spiro atoms. The highest BCUT2D eigenvalue weighted by Gasteiger charge is 2.37. The summed E-state index contributed by atoms with van der Waals surface area (Å²) in [6, 6.07) is 7.45. The highest BCUT2D eigenvalue weighted by atomic mass is 16.5. The fourth-order valence-corrected chi connectivity index (χ4v) is 3.36. The minimum absolute atomic E-state index is 0.376. The van der Waals surface area contributed by atoms with E-state index in [1.165, 1.54) is 0 Å². The maximum Gasteiger partial charge on any atom is 0.129 e. The lowest BCUT2D eigenvalue weighted by Gasteiger charge is -2.43. The molecular formula is C20H31N3O5. The first-order valence-electron chi connectivity index (χ1n) is 9.74. The van der Waals surface area contributed by atoms with Crippen molar-refractivity contribution in [3.05, 3.63) is 48.3 Å². The standard InChI is InChI=1S/C20H31N3O5/c1-20(15-25-13-17-4-2-10-27-17,16-26-14-18-5-3-11-28-18)23-9-8-21-6-7-22-12-19(23)24/h2-5,10-11,19,21-22,24H,6-9,12-16H2,1H3. The van der Waals surface area contributed by atoms with Crippen LogP contribution in [0, 0.1) is 0 Å². The first kappa shape index (κ1) is 21.0. The van der Waals surface area contributed by atoms with Gasteiger partial charge in [-0.05, 0) is 31.2 Å². The van der Waals surface area contributed by atoms with Gasteiger partial charge in [-0.3, -0.25) is 4.90 Å². The van der Waals surface area contributed by atoms with Crippen molar-refractivity contribution < 1.29 is 23.4 Å². The lowest BCUT2D eigenvalue weighted by Crippen LogP contribution is -2.60. The summed E-state index contributed by atoms with van der Waals surface area (Å²) in [5, 5.41) is 17.4. The molecule has 1 unspecified atom stereocenters. The third-order valence-corrected chi connectivity index (χ3v) is 4.86. The maximum atomic E-state index is 10.8. The predicted molar refractivity (Wildman–Crippen MR) is 104 cm³/mol. The third-order valence-electron chi connectivity index (χ3n) is 4.86. The highest BCUT2D eigenvalue weighted by Crippen LogP contribution is 2.21. The molecule has 3 N–H and O–H groups in total. The number of nitrogens with zero attached hydrogens (tertiary/aromatic N) is 1. The molecule has 3 heterocycles. The third kappa shape index (κ3) is 6.16. The topological polar surface area (TPSA) is 92.3 Å². The molecule has 1 atom stereocenters. The van der Waals surface area contributed by atoms with Crippen molar-refractivity contribution in [3.63, 3.8) is 0 Å². The van der Waals surface area contributed by atoms with Gasteiger partial charge < -0.3 is 34.0 Å². The molecule has 2 aromatic heterocycles. The molecule has 1 fully saturated rings. The predicted octanol–water partition coefficient (Wildman–Crippen LogP) is 1.18. The van der Waals surface area contributed by atoms with Crippen LogP contribution in [0.3, 0.4) is 0 Å². The number of nitrogens with one attached hydrogen (secondary N) is 2.